The largest absolute Gasteiger partial charge is 0.208 e. The molecule has 0 saturated carbocycles. The summed E-state index contributed by atoms with van der Waals surface area (Å²) in [5.41, 5.74) is 2.93. The Kier molecular flexibility index (Phi) is 8.21. The summed E-state index contributed by atoms with van der Waals surface area (Å²) in [7, 11) is -2.96. The molecule has 6 heteroatoms. The standard InChI is InChI=1S/C51H33N3S2Si/c1-4-17-34(18-5-1)49-52-50(54-51(53-49)43-29-15-27-41-39-25-10-12-30-44(39)55-47(41)43)35-19-14-24-38(33-35)57(36-20-6-2-7-21-36,37-22-8-3-9-23-37)46-32-16-28-42-40-26-11-13-31-45(40)56-48(42)46/h1-33H. The smallest absolute Gasteiger partial charge is 0.181 e. The average Bonchev–Trinajstić information content (AvgIpc) is 3.87. The lowest BCUT2D eigenvalue weighted by Crippen LogP contribution is -2.74. The molecule has 0 aliphatic carbocycles. The van der Waals surface area contributed by atoms with Gasteiger partial charge in [-0.15, -0.1) is 22.7 Å². The van der Waals surface area contributed by atoms with Crippen LogP contribution >= 0.6 is 22.7 Å². The zero-order valence-electron chi connectivity index (χ0n) is 30.7. The summed E-state index contributed by atoms with van der Waals surface area (Å²) in [5, 5.41) is 10.4. The van der Waals surface area contributed by atoms with E-state index in [1.807, 2.05) is 29.5 Å². The fraction of sp³-hybridized carbons (Fsp3) is 0. The van der Waals surface area contributed by atoms with Crippen molar-refractivity contribution in [2.75, 3.05) is 0 Å². The van der Waals surface area contributed by atoms with Crippen molar-refractivity contribution in [3.8, 4) is 34.2 Å². The van der Waals surface area contributed by atoms with Crippen LogP contribution < -0.4 is 20.7 Å². The number of aromatic nitrogens is 3. The zero-order valence-corrected chi connectivity index (χ0v) is 33.3. The Morgan fingerprint density at radius 1 is 0.333 bits per heavy atom. The molecule has 0 amide bonds. The van der Waals surface area contributed by atoms with Gasteiger partial charge in [0.1, 0.15) is 0 Å². The highest BCUT2D eigenvalue weighted by molar-refractivity contribution is 7.30. The third-order valence-corrected chi connectivity index (χ3v) is 18.5. The maximum absolute atomic E-state index is 5.34. The Morgan fingerprint density at radius 2 is 0.789 bits per heavy atom. The second kappa shape index (κ2) is 13.9. The first-order valence-corrected chi connectivity index (χ1v) is 22.7. The second-order valence-electron chi connectivity index (χ2n) is 14.3. The quantitative estimate of drug-likeness (QED) is 0.119. The summed E-state index contributed by atoms with van der Waals surface area (Å²) in [6.45, 7) is 0. The minimum Gasteiger partial charge on any atom is -0.208 e. The second-order valence-corrected chi connectivity index (χ2v) is 20.2. The number of nitrogens with zero attached hydrogens (tertiary/aromatic N) is 3. The van der Waals surface area contributed by atoms with E-state index < -0.39 is 8.07 Å². The third-order valence-electron chi connectivity index (χ3n) is 11.1. The van der Waals surface area contributed by atoms with Crippen LogP contribution in [0.1, 0.15) is 0 Å². The van der Waals surface area contributed by atoms with Crippen LogP contribution in [0.25, 0.3) is 74.5 Å². The highest BCUT2D eigenvalue weighted by Crippen LogP contribution is 2.40. The van der Waals surface area contributed by atoms with Gasteiger partial charge in [-0.25, -0.2) is 15.0 Å². The van der Waals surface area contributed by atoms with Crippen LogP contribution in [0.4, 0.5) is 0 Å². The normalized spacial score (nSPS) is 11.9. The molecule has 3 aromatic heterocycles. The van der Waals surface area contributed by atoms with E-state index in [1.165, 1.54) is 61.1 Å². The lowest BCUT2D eigenvalue weighted by Gasteiger charge is -2.35. The molecule has 0 fully saturated rings. The molecule has 0 aliphatic heterocycles. The number of benzene rings is 8. The highest BCUT2D eigenvalue weighted by Gasteiger charge is 2.43. The van der Waals surface area contributed by atoms with Gasteiger partial charge in [-0.05, 0) is 38.9 Å². The number of thiophene rings is 2. The van der Waals surface area contributed by atoms with E-state index >= 15 is 0 Å². The predicted octanol–water partition coefficient (Wildman–Crippen LogP) is 11.0. The Labute approximate surface area is 339 Å². The maximum atomic E-state index is 5.34. The molecule has 0 radical (unpaired) electrons. The fourth-order valence-electron chi connectivity index (χ4n) is 8.54. The van der Waals surface area contributed by atoms with E-state index in [2.05, 4.69) is 182 Å². The Bertz CT molecular complexity index is 3210. The van der Waals surface area contributed by atoms with Crippen molar-refractivity contribution in [1.29, 1.82) is 0 Å². The van der Waals surface area contributed by atoms with Gasteiger partial charge in [-0.2, -0.15) is 0 Å². The summed E-state index contributed by atoms with van der Waals surface area (Å²) in [6, 6.07) is 72.5. The Morgan fingerprint density at radius 3 is 1.46 bits per heavy atom. The van der Waals surface area contributed by atoms with Crippen molar-refractivity contribution >= 4 is 91.8 Å². The topological polar surface area (TPSA) is 38.7 Å². The van der Waals surface area contributed by atoms with Crippen LogP contribution in [0, 0.1) is 0 Å². The monoisotopic (exact) mass is 779 g/mol. The number of rotatable bonds is 7. The molecule has 0 unspecified atom stereocenters. The van der Waals surface area contributed by atoms with Crippen LogP contribution in [-0.4, -0.2) is 23.0 Å². The van der Waals surface area contributed by atoms with E-state index in [4.69, 9.17) is 15.0 Å². The van der Waals surface area contributed by atoms with Crippen LogP contribution in [-0.2, 0) is 0 Å². The molecule has 8 aromatic carbocycles. The van der Waals surface area contributed by atoms with E-state index in [1.54, 1.807) is 11.3 Å². The van der Waals surface area contributed by atoms with E-state index in [0.29, 0.717) is 17.5 Å². The van der Waals surface area contributed by atoms with Crippen molar-refractivity contribution in [2.24, 2.45) is 0 Å². The van der Waals surface area contributed by atoms with Crippen molar-refractivity contribution in [1.82, 2.24) is 15.0 Å². The molecule has 11 aromatic rings. The average molecular weight is 780 g/mol. The first-order chi connectivity index (χ1) is 28.3. The minimum absolute atomic E-state index is 0.655. The number of hydrogen-bond donors (Lipinski definition) is 0. The van der Waals surface area contributed by atoms with Gasteiger partial charge in [0.05, 0.1) is 0 Å². The molecular weight excluding hydrogens is 747 g/mol. The van der Waals surface area contributed by atoms with Gasteiger partial charge in [0.2, 0.25) is 0 Å². The van der Waals surface area contributed by atoms with E-state index in [0.717, 1.165) is 16.7 Å². The maximum Gasteiger partial charge on any atom is 0.181 e. The summed E-state index contributed by atoms with van der Waals surface area (Å²) in [4.78, 5) is 15.8. The van der Waals surface area contributed by atoms with Crippen molar-refractivity contribution in [3.05, 3.63) is 200 Å². The van der Waals surface area contributed by atoms with Crippen LogP contribution in [0.3, 0.4) is 0 Å². The van der Waals surface area contributed by atoms with Gasteiger partial charge in [-0.1, -0.05) is 182 Å². The summed E-state index contributed by atoms with van der Waals surface area (Å²) >= 11 is 3.70. The molecule has 57 heavy (non-hydrogen) atoms. The zero-order chi connectivity index (χ0) is 37.8. The summed E-state index contributed by atoms with van der Waals surface area (Å²) in [6.07, 6.45) is 0. The lowest BCUT2D eigenvalue weighted by atomic mass is 10.1. The summed E-state index contributed by atoms with van der Waals surface area (Å²) < 4.78 is 5.08. The number of hydrogen-bond acceptors (Lipinski definition) is 5. The van der Waals surface area contributed by atoms with Gasteiger partial charge >= 0.3 is 0 Å². The molecule has 0 bridgehead atoms. The van der Waals surface area contributed by atoms with Crippen LogP contribution in [0.15, 0.2) is 200 Å². The molecule has 3 nitrogen and oxygen atoms in total. The van der Waals surface area contributed by atoms with Crippen LogP contribution in [0.2, 0.25) is 0 Å². The summed E-state index contributed by atoms with van der Waals surface area (Å²) in [5.74, 6) is 1.98. The molecular formula is C51H33N3S2Si. The molecule has 0 N–H and O–H groups in total. The first kappa shape index (κ1) is 33.7. The molecule has 0 spiro atoms. The number of fused-ring (bicyclic) bond motifs is 6. The minimum atomic E-state index is -2.96. The lowest BCUT2D eigenvalue weighted by molar-refractivity contribution is 1.08. The SMILES string of the molecule is c1ccc(-c2nc(-c3cccc([Si](c4ccccc4)(c4ccccc4)c4cccc5c4sc4ccccc45)c3)nc(-c3cccc4c3sc3ccccc34)n2)cc1. The van der Waals surface area contributed by atoms with Gasteiger partial charge in [0.15, 0.2) is 25.5 Å². The molecule has 268 valence electrons. The molecule has 3 heterocycles. The fourth-order valence-corrected chi connectivity index (χ4v) is 16.3. The van der Waals surface area contributed by atoms with Gasteiger partial charge in [-0.3, -0.25) is 0 Å². The Hall–Kier alpha value is -6.57. The van der Waals surface area contributed by atoms with E-state index in [9.17, 15) is 0 Å². The van der Waals surface area contributed by atoms with Crippen molar-refractivity contribution in [3.63, 3.8) is 0 Å². The van der Waals surface area contributed by atoms with Crippen LogP contribution in [0.5, 0.6) is 0 Å². The molecule has 0 atom stereocenters. The third kappa shape index (κ3) is 5.56. The predicted molar refractivity (Wildman–Crippen MR) is 246 cm³/mol. The van der Waals surface area contributed by atoms with E-state index in [-0.39, 0.29) is 0 Å². The first-order valence-electron chi connectivity index (χ1n) is 19.1. The van der Waals surface area contributed by atoms with Crippen molar-refractivity contribution < 1.29 is 0 Å². The molecule has 11 rings (SSSR count). The van der Waals surface area contributed by atoms with Crippen molar-refractivity contribution in [2.45, 2.75) is 0 Å². The van der Waals surface area contributed by atoms with Gasteiger partial charge in [0, 0.05) is 57.0 Å². The van der Waals surface area contributed by atoms with Gasteiger partial charge < -0.3 is 0 Å². The highest BCUT2D eigenvalue weighted by atomic mass is 32.1. The van der Waals surface area contributed by atoms with Gasteiger partial charge in [0.25, 0.3) is 0 Å². The molecule has 0 aliphatic rings. The molecule has 0 saturated heterocycles. The Balaban J connectivity index is 1.19.